The van der Waals surface area contributed by atoms with Crippen LogP contribution in [0.1, 0.15) is 12.8 Å². The van der Waals surface area contributed by atoms with Crippen LogP contribution < -0.4 is 4.90 Å². The Morgan fingerprint density at radius 2 is 2.17 bits per heavy atom. The van der Waals surface area contributed by atoms with Gasteiger partial charge in [0.25, 0.3) is 0 Å². The van der Waals surface area contributed by atoms with Crippen molar-refractivity contribution in [3.63, 3.8) is 0 Å². The van der Waals surface area contributed by atoms with Crippen LogP contribution in [0.2, 0.25) is 0 Å². The third kappa shape index (κ3) is 2.85. The summed E-state index contributed by atoms with van der Waals surface area (Å²) in [6.45, 7) is 1.39. The number of rotatable bonds is 3. The van der Waals surface area contributed by atoms with Gasteiger partial charge in [-0.3, -0.25) is 9.97 Å². The molecule has 1 fully saturated rings. The molecule has 0 aromatic carbocycles. The Hall–Kier alpha value is -2.80. The first kappa shape index (κ1) is 14.8. The van der Waals surface area contributed by atoms with E-state index < -0.39 is 0 Å². The van der Waals surface area contributed by atoms with Crippen LogP contribution in [-0.4, -0.2) is 44.2 Å². The number of anilines is 1. The second-order valence-corrected chi connectivity index (χ2v) is 5.78. The van der Waals surface area contributed by atoms with Gasteiger partial charge in [-0.15, -0.1) is 0 Å². The minimum absolute atomic E-state index is 0.334. The number of aliphatic hydroxyl groups excluding tert-OH is 1. The van der Waals surface area contributed by atoms with Crippen molar-refractivity contribution >= 4 is 5.95 Å². The molecule has 4 rings (SSSR count). The molecule has 0 saturated carbocycles. The third-order valence-electron chi connectivity index (χ3n) is 4.09. The Morgan fingerprint density at radius 3 is 2.92 bits per heavy atom. The summed E-state index contributed by atoms with van der Waals surface area (Å²) in [6.07, 6.45) is 11.4. The monoisotopic (exact) mass is 323 g/mol. The molecule has 0 amide bonds. The maximum absolute atomic E-state index is 9.90. The number of hydrogen-bond donors (Lipinski definition) is 1. The van der Waals surface area contributed by atoms with E-state index in [4.69, 9.17) is 9.40 Å². The molecule has 0 bridgehead atoms. The molecule has 0 aliphatic carbocycles. The van der Waals surface area contributed by atoms with Crippen LogP contribution in [0, 0.1) is 0 Å². The van der Waals surface area contributed by atoms with Crippen molar-refractivity contribution in [2.24, 2.45) is 0 Å². The molecule has 0 spiro atoms. The number of piperidine rings is 1. The molecule has 7 nitrogen and oxygen atoms in total. The van der Waals surface area contributed by atoms with Crippen LogP contribution in [-0.2, 0) is 0 Å². The van der Waals surface area contributed by atoms with Crippen molar-refractivity contribution in [3.05, 3.63) is 43.4 Å². The summed E-state index contributed by atoms with van der Waals surface area (Å²) in [6, 6.07) is 1.86. The Bertz CT molecular complexity index is 807. The minimum atomic E-state index is -0.334. The van der Waals surface area contributed by atoms with Crippen molar-refractivity contribution in [2.45, 2.75) is 18.9 Å². The number of aromatic nitrogens is 4. The van der Waals surface area contributed by atoms with Gasteiger partial charge in [0.1, 0.15) is 0 Å². The second kappa shape index (κ2) is 6.37. The van der Waals surface area contributed by atoms with Gasteiger partial charge in [-0.25, -0.2) is 9.97 Å². The molecule has 122 valence electrons. The number of nitrogens with zero attached hydrogens (tertiary/aromatic N) is 5. The molecular weight excluding hydrogens is 306 g/mol. The van der Waals surface area contributed by atoms with E-state index in [9.17, 15) is 5.11 Å². The van der Waals surface area contributed by atoms with Crippen LogP contribution in [0.3, 0.4) is 0 Å². The second-order valence-electron chi connectivity index (χ2n) is 5.78. The molecule has 1 saturated heterocycles. The highest BCUT2D eigenvalue weighted by atomic mass is 16.3. The minimum Gasteiger partial charge on any atom is -0.472 e. The molecule has 3 aromatic heterocycles. The van der Waals surface area contributed by atoms with Crippen molar-refractivity contribution in [2.75, 3.05) is 18.0 Å². The maximum atomic E-state index is 9.90. The summed E-state index contributed by atoms with van der Waals surface area (Å²) in [5.74, 6) is 0.609. The fraction of sp³-hybridized carbons (Fsp3) is 0.294. The topological polar surface area (TPSA) is 88.2 Å². The van der Waals surface area contributed by atoms with Crippen LogP contribution >= 0.6 is 0 Å². The molecular formula is C17H17N5O2. The molecule has 1 atom stereocenters. The molecule has 3 aromatic rings. The number of β-amino-alcohol motifs (C(OH)–C–C–N with tert-alkyl or cyclic N) is 1. The lowest BCUT2D eigenvalue weighted by Crippen LogP contribution is -2.39. The van der Waals surface area contributed by atoms with Gasteiger partial charge in [-0.2, -0.15) is 0 Å². The smallest absolute Gasteiger partial charge is 0.225 e. The van der Waals surface area contributed by atoms with Gasteiger partial charge in [-0.05, 0) is 18.9 Å². The third-order valence-corrected chi connectivity index (χ3v) is 4.09. The van der Waals surface area contributed by atoms with Crippen molar-refractivity contribution < 1.29 is 9.52 Å². The fourth-order valence-electron chi connectivity index (χ4n) is 2.91. The lowest BCUT2D eigenvalue weighted by molar-refractivity contribution is 0.153. The standard InChI is InChI=1S/C17H17N5O2/c23-13-2-1-6-22(10-13)17-20-8-14(15-9-18-4-5-19-15)16(21-17)12-3-7-24-11-12/h3-5,7-9,11,13,23H,1-2,6,10H2/t13-/m0/s1. The van der Waals surface area contributed by atoms with Crippen LogP contribution in [0.15, 0.2) is 47.8 Å². The van der Waals surface area contributed by atoms with E-state index in [0.717, 1.165) is 36.2 Å². The largest absolute Gasteiger partial charge is 0.472 e. The molecule has 0 radical (unpaired) electrons. The van der Waals surface area contributed by atoms with E-state index >= 15 is 0 Å². The highest BCUT2D eigenvalue weighted by molar-refractivity contribution is 5.78. The van der Waals surface area contributed by atoms with Gasteiger partial charge in [0.2, 0.25) is 5.95 Å². The molecule has 0 unspecified atom stereocenters. The SMILES string of the molecule is O[C@H]1CCCN(c2ncc(-c3cnccn3)c(-c3ccoc3)n2)C1. The van der Waals surface area contributed by atoms with E-state index in [2.05, 4.69) is 15.0 Å². The number of hydrogen-bond acceptors (Lipinski definition) is 7. The summed E-state index contributed by atoms with van der Waals surface area (Å²) in [4.78, 5) is 19.7. The van der Waals surface area contributed by atoms with Crippen molar-refractivity contribution in [1.82, 2.24) is 19.9 Å². The van der Waals surface area contributed by atoms with E-state index in [1.54, 1.807) is 37.3 Å². The Morgan fingerprint density at radius 1 is 1.21 bits per heavy atom. The highest BCUT2D eigenvalue weighted by Gasteiger charge is 2.22. The zero-order valence-corrected chi connectivity index (χ0v) is 13.0. The lowest BCUT2D eigenvalue weighted by atomic mass is 10.1. The summed E-state index contributed by atoms with van der Waals surface area (Å²) in [5, 5.41) is 9.90. The van der Waals surface area contributed by atoms with Crippen molar-refractivity contribution in [3.8, 4) is 22.5 Å². The number of furan rings is 1. The lowest BCUT2D eigenvalue weighted by Gasteiger charge is -2.30. The van der Waals surface area contributed by atoms with Gasteiger partial charge in [0.15, 0.2) is 0 Å². The van der Waals surface area contributed by atoms with Gasteiger partial charge in [-0.1, -0.05) is 0 Å². The zero-order valence-electron chi connectivity index (χ0n) is 13.0. The molecule has 24 heavy (non-hydrogen) atoms. The first-order chi connectivity index (χ1) is 11.8. The van der Waals surface area contributed by atoms with Gasteiger partial charge in [0.05, 0.1) is 36.2 Å². The molecule has 1 N–H and O–H groups in total. The average Bonchev–Trinajstić information content (AvgIpc) is 3.16. The predicted octanol–water partition coefficient (Wildman–Crippen LogP) is 2.15. The summed E-state index contributed by atoms with van der Waals surface area (Å²) >= 11 is 0. The first-order valence-corrected chi connectivity index (χ1v) is 7.90. The van der Waals surface area contributed by atoms with Gasteiger partial charge < -0.3 is 14.4 Å². The molecule has 1 aliphatic rings. The van der Waals surface area contributed by atoms with Crippen molar-refractivity contribution in [1.29, 1.82) is 0 Å². The normalized spacial score (nSPS) is 17.9. The van der Waals surface area contributed by atoms with E-state index in [0.29, 0.717) is 18.2 Å². The average molecular weight is 323 g/mol. The van der Waals surface area contributed by atoms with E-state index in [-0.39, 0.29) is 6.10 Å². The van der Waals surface area contributed by atoms with E-state index in [1.165, 1.54) is 0 Å². The Balaban J connectivity index is 1.78. The quantitative estimate of drug-likeness (QED) is 0.790. The maximum Gasteiger partial charge on any atom is 0.225 e. The number of aliphatic hydroxyl groups is 1. The fourth-order valence-corrected chi connectivity index (χ4v) is 2.91. The Labute approximate surface area is 139 Å². The van der Waals surface area contributed by atoms with Crippen LogP contribution in [0.25, 0.3) is 22.5 Å². The van der Waals surface area contributed by atoms with Gasteiger partial charge in [0, 0.05) is 42.8 Å². The molecule has 1 aliphatic heterocycles. The van der Waals surface area contributed by atoms with Gasteiger partial charge >= 0.3 is 0 Å². The summed E-state index contributed by atoms with van der Waals surface area (Å²) in [5.41, 5.74) is 3.11. The van der Waals surface area contributed by atoms with Crippen LogP contribution in [0.5, 0.6) is 0 Å². The predicted molar refractivity (Wildman–Crippen MR) is 88.2 cm³/mol. The summed E-state index contributed by atoms with van der Waals surface area (Å²) in [7, 11) is 0. The molecule has 4 heterocycles. The zero-order chi connectivity index (χ0) is 16.4. The van der Waals surface area contributed by atoms with Crippen LogP contribution in [0.4, 0.5) is 5.95 Å². The highest BCUT2D eigenvalue weighted by Crippen LogP contribution is 2.30. The first-order valence-electron chi connectivity index (χ1n) is 7.90. The Kier molecular flexibility index (Phi) is 3.92. The summed E-state index contributed by atoms with van der Waals surface area (Å²) < 4.78 is 5.21. The van der Waals surface area contributed by atoms with E-state index in [1.807, 2.05) is 11.0 Å². The molecule has 7 heteroatoms.